The number of hydrogen-bond donors (Lipinski definition) is 0. The zero-order valence-electron chi connectivity index (χ0n) is 10.4. The van der Waals surface area contributed by atoms with E-state index in [4.69, 9.17) is 27.9 Å². The molecule has 2 heterocycles. The van der Waals surface area contributed by atoms with E-state index in [-0.39, 0.29) is 6.23 Å². The van der Waals surface area contributed by atoms with Crippen LogP contribution in [0, 0.1) is 0 Å². The van der Waals surface area contributed by atoms with Crippen LogP contribution in [0.15, 0.2) is 30.6 Å². The van der Waals surface area contributed by atoms with Crippen LogP contribution in [0.1, 0.15) is 25.5 Å². The minimum absolute atomic E-state index is 0.0496. The van der Waals surface area contributed by atoms with Gasteiger partial charge in [0.25, 0.3) is 0 Å². The fourth-order valence-electron chi connectivity index (χ4n) is 2.29. The van der Waals surface area contributed by atoms with Crippen LogP contribution in [-0.4, -0.2) is 16.4 Å². The molecule has 0 spiro atoms. The summed E-state index contributed by atoms with van der Waals surface area (Å²) < 4.78 is 7.58. The molecule has 1 saturated heterocycles. The zero-order chi connectivity index (χ0) is 13.2. The second-order valence-corrected chi connectivity index (χ2v) is 5.50. The second kappa shape index (κ2) is 5.53. The molecule has 0 aliphatic carbocycles. The van der Waals surface area contributed by atoms with Crippen molar-refractivity contribution in [3.8, 4) is 11.1 Å². The second-order valence-electron chi connectivity index (χ2n) is 4.65. The van der Waals surface area contributed by atoms with Crippen LogP contribution in [0.25, 0.3) is 11.1 Å². The van der Waals surface area contributed by atoms with Gasteiger partial charge in [-0.15, -0.1) is 0 Å². The van der Waals surface area contributed by atoms with Gasteiger partial charge in [-0.2, -0.15) is 5.10 Å². The van der Waals surface area contributed by atoms with E-state index in [0.717, 1.165) is 30.6 Å². The van der Waals surface area contributed by atoms with Crippen molar-refractivity contribution in [1.29, 1.82) is 0 Å². The summed E-state index contributed by atoms with van der Waals surface area (Å²) in [6.07, 6.45) is 7.16. The molecule has 0 radical (unpaired) electrons. The zero-order valence-corrected chi connectivity index (χ0v) is 11.9. The molecular formula is C14H14Cl2N2O. The normalized spacial score (nSPS) is 19.6. The van der Waals surface area contributed by atoms with Crippen molar-refractivity contribution >= 4 is 23.2 Å². The van der Waals surface area contributed by atoms with Gasteiger partial charge in [0.1, 0.15) is 6.23 Å². The molecule has 1 aliphatic rings. The highest BCUT2D eigenvalue weighted by molar-refractivity contribution is 6.36. The Kier molecular flexibility index (Phi) is 3.78. The average Bonchev–Trinajstić information content (AvgIpc) is 2.89. The van der Waals surface area contributed by atoms with Gasteiger partial charge < -0.3 is 4.74 Å². The summed E-state index contributed by atoms with van der Waals surface area (Å²) in [5.41, 5.74) is 1.92. The van der Waals surface area contributed by atoms with E-state index in [1.165, 1.54) is 6.42 Å². The summed E-state index contributed by atoms with van der Waals surface area (Å²) in [4.78, 5) is 0. The van der Waals surface area contributed by atoms with Gasteiger partial charge in [-0.1, -0.05) is 29.3 Å². The highest BCUT2D eigenvalue weighted by Crippen LogP contribution is 2.31. The summed E-state index contributed by atoms with van der Waals surface area (Å²) in [6.45, 7) is 0.807. The summed E-state index contributed by atoms with van der Waals surface area (Å²) in [5.74, 6) is 0. The third-order valence-electron chi connectivity index (χ3n) is 3.29. The number of hydrogen-bond acceptors (Lipinski definition) is 2. The largest absolute Gasteiger partial charge is 0.357 e. The third kappa shape index (κ3) is 2.78. The lowest BCUT2D eigenvalue weighted by Crippen LogP contribution is -2.18. The molecule has 0 N–H and O–H groups in total. The molecular weight excluding hydrogens is 283 g/mol. The van der Waals surface area contributed by atoms with E-state index in [9.17, 15) is 0 Å². The lowest BCUT2D eigenvalue weighted by Gasteiger charge is -2.22. The van der Waals surface area contributed by atoms with Gasteiger partial charge in [0.05, 0.1) is 6.20 Å². The van der Waals surface area contributed by atoms with Gasteiger partial charge in [-0.3, -0.25) is 0 Å². The molecule has 3 nitrogen and oxygen atoms in total. The first-order valence-corrected chi connectivity index (χ1v) is 7.11. The van der Waals surface area contributed by atoms with Crippen molar-refractivity contribution in [2.24, 2.45) is 0 Å². The smallest absolute Gasteiger partial charge is 0.150 e. The minimum Gasteiger partial charge on any atom is -0.357 e. The van der Waals surface area contributed by atoms with Crippen molar-refractivity contribution in [2.45, 2.75) is 25.5 Å². The maximum Gasteiger partial charge on any atom is 0.150 e. The van der Waals surface area contributed by atoms with E-state index in [1.807, 2.05) is 29.2 Å². The van der Waals surface area contributed by atoms with E-state index < -0.39 is 0 Å². The highest BCUT2D eigenvalue weighted by atomic mass is 35.5. The fraction of sp³-hybridized carbons (Fsp3) is 0.357. The number of benzene rings is 1. The summed E-state index contributed by atoms with van der Waals surface area (Å²) >= 11 is 12.1. The molecule has 5 heteroatoms. The van der Waals surface area contributed by atoms with Crippen LogP contribution in [0.5, 0.6) is 0 Å². The van der Waals surface area contributed by atoms with Gasteiger partial charge in [-0.05, 0) is 31.4 Å². The Balaban J connectivity index is 1.87. The Bertz CT molecular complexity index is 577. The van der Waals surface area contributed by atoms with Crippen LogP contribution in [-0.2, 0) is 4.74 Å². The Hall–Kier alpha value is -1.03. The van der Waals surface area contributed by atoms with Gasteiger partial charge in [0.2, 0.25) is 0 Å². The van der Waals surface area contributed by atoms with Gasteiger partial charge in [-0.25, -0.2) is 4.68 Å². The quantitative estimate of drug-likeness (QED) is 0.812. The SMILES string of the molecule is Clc1ccc(-c2cnn([C@@H]3CCCCO3)c2)c(Cl)c1. The van der Waals surface area contributed by atoms with Crippen molar-refractivity contribution in [1.82, 2.24) is 9.78 Å². The molecule has 1 aromatic carbocycles. The first kappa shape index (κ1) is 13.0. The fourth-order valence-corrected chi connectivity index (χ4v) is 2.81. The molecule has 0 amide bonds. The Morgan fingerprint density at radius 3 is 2.89 bits per heavy atom. The maximum atomic E-state index is 6.21. The molecule has 1 fully saturated rings. The van der Waals surface area contributed by atoms with E-state index in [1.54, 1.807) is 6.07 Å². The molecule has 1 aliphatic heterocycles. The summed E-state index contributed by atoms with van der Waals surface area (Å²) in [7, 11) is 0. The number of halogens is 2. The molecule has 1 aromatic heterocycles. The van der Waals surface area contributed by atoms with Crippen LogP contribution >= 0.6 is 23.2 Å². The standard InChI is InChI=1S/C14H14Cl2N2O/c15-11-4-5-12(13(16)7-11)10-8-17-18(9-10)14-3-1-2-6-19-14/h4-5,7-9,14H,1-3,6H2/t14-/m0/s1. The third-order valence-corrected chi connectivity index (χ3v) is 3.84. The molecule has 2 aromatic rings. The monoisotopic (exact) mass is 296 g/mol. The first-order valence-electron chi connectivity index (χ1n) is 6.35. The summed E-state index contributed by atoms with van der Waals surface area (Å²) in [5, 5.41) is 5.65. The molecule has 3 rings (SSSR count). The number of nitrogens with zero attached hydrogens (tertiary/aromatic N) is 2. The van der Waals surface area contributed by atoms with Gasteiger partial charge in [0, 0.05) is 34.0 Å². The molecule has 0 bridgehead atoms. The Morgan fingerprint density at radius 2 is 2.16 bits per heavy atom. The van der Waals surface area contributed by atoms with E-state index in [0.29, 0.717) is 10.0 Å². The Morgan fingerprint density at radius 1 is 1.26 bits per heavy atom. The lowest BCUT2D eigenvalue weighted by atomic mass is 10.1. The van der Waals surface area contributed by atoms with E-state index >= 15 is 0 Å². The van der Waals surface area contributed by atoms with Crippen LogP contribution in [0.3, 0.4) is 0 Å². The molecule has 1 atom stereocenters. The summed E-state index contributed by atoms with van der Waals surface area (Å²) in [6, 6.07) is 5.48. The van der Waals surface area contributed by atoms with Crippen LogP contribution < -0.4 is 0 Å². The number of ether oxygens (including phenoxy) is 1. The highest BCUT2D eigenvalue weighted by Gasteiger charge is 2.17. The van der Waals surface area contributed by atoms with Crippen LogP contribution in [0.2, 0.25) is 10.0 Å². The van der Waals surface area contributed by atoms with Crippen molar-refractivity contribution < 1.29 is 4.74 Å². The topological polar surface area (TPSA) is 27.1 Å². The predicted octanol–water partition coefficient (Wildman–Crippen LogP) is 4.56. The molecule has 0 unspecified atom stereocenters. The van der Waals surface area contributed by atoms with Crippen molar-refractivity contribution in [3.05, 3.63) is 40.6 Å². The molecule has 0 saturated carbocycles. The maximum absolute atomic E-state index is 6.21. The number of aromatic nitrogens is 2. The van der Waals surface area contributed by atoms with Crippen molar-refractivity contribution in [2.75, 3.05) is 6.61 Å². The Labute approximate surface area is 122 Å². The average molecular weight is 297 g/mol. The van der Waals surface area contributed by atoms with Crippen molar-refractivity contribution in [3.63, 3.8) is 0 Å². The van der Waals surface area contributed by atoms with E-state index in [2.05, 4.69) is 5.10 Å². The van der Waals surface area contributed by atoms with Gasteiger partial charge >= 0.3 is 0 Å². The number of rotatable bonds is 2. The predicted molar refractivity (Wildman–Crippen MR) is 76.5 cm³/mol. The minimum atomic E-state index is 0.0496. The van der Waals surface area contributed by atoms with Gasteiger partial charge in [0.15, 0.2) is 0 Å². The van der Waals surface area contributed by atoms with Crippen LogP contribution in [0.4, 0.5) is 0 Å². The lowest BCUT2D eigenvalue weighted by molar-refractivity contribution is -0.0394. The molecule has 100 valence electrons. The molecule has 19 heavy (non-hydrogen) atoms. The first-order chi connectivity index (χ1) is 9.24.